The third-order valence-electron chi connectivity index (χ3n) is 2.81. The van der Waals surface area contributed by atoms with Crippen molar-refractivity contribution < 1.29 is 9.53 Å². The average Bonchev–Trinajstić information content (AvgIpc) is 2.83. The van der Waals surface area contributed by atoms with Crippen LogP contribution in [0.2, 0.25) is 0 Å². The van der Waals surface area contributed by atoms with Crippen LogP contribution in [0.4, 0.5) is 0 Å². The number of hydrogen-bond donors (Lipinski definition) is 0. The zero-order chi connectivity index (χ0) is 13.1. The summed E-state index contributed by atoms with van der Waals surface area (Å²) in [4.78, 5) is 11.4. The number of benzene rings is 1. The van der Waals surface area contributed by atoms with Crippen LogP contribution < -0.4 is 4.74 Å². The van der Waals surface area contributed by atoms with Gasteiger partial charge in [-0.1, -0.05) is 12.1 Å². The summed E-state index contributed by atoms with van der Waals surface area (Å²) in [5.41, 5.74) is 2.42. The normalized spacial score (nSPS) is 10.4. The van der Waals surface area contributed by atoms with Crippen LogP contribution in [0.1, 0.15) is 24.3 Å². The molecule has 0 aliphatic heterocycles. The molecular formula is C14H16N2O2. The minimum atomic E-state index is -0.0219. The van der Waals surface area contributed by atoms with Gasteiger partial charge in [0, 0.05) is 19.0 Å². The molecular weight excluding hydrogens is 228 g/mol. The van der Waals surface area contributed by atoms with Gasteiger partial charge in [-0.2, -0.15) is 5.10 Å². The lowest BCUT2D eigenvalue weighted by Crippen LogP contribution is -2.01. The summed E-state index contributed by atoms with van der Waals surface area (Å²) in [6, 6.07) is 9.56. The fourth-order valence-electron chi connectivity index (χ4n) is 1.84. The molecule has 0 fully saturated rings. The molecule has 1 heterocycles. The molecule has 0 aliphatic rings. The Labute approximate surface area is 106 Å². The Morgan fingerprint density at radius 3 is 2.78 bits per heavy atom. The van der Waals surface area contributed by atoms with Crippen LogP contribution in [-0.4, -0.2) is 22.7 Å². The van der Waals surface area contributed by atoms with E-state index in [9.17, 15) is 4.79 Å². The number of nitrogens with zero attached hydrogens (tertiary/aromatic N) is 2. The monoisotopic (exact) mass is 244 g/mol. The van der Waals surface area contributed by atoms with Crippen LogP contribution in [0.15, 0.2) is 30.3 Å². The molecule has 2 aromatic rings. The van der Waals surface area contributed by atoms with Crippen molar-refractivity contribution in [1.29, 1.82) is 0 Å². The van der Waals surface area contributed by atoms with E-state index in [1.807, 2.05) is 41.9 Å². The number of aromatic nitrogens is 2. The van der Waals surface area contributed by atoms with E-state index < -0.39 is 0 Å². The van der Waals surface area contributed by atoms with Gasteiger partial charge in [-0.3, -0.25) is 9.48 Å². The van der Waals surface area contributed by atoms with Crippen molar-refractivity contribution in [2.75, 3.05) is 7.11 Å². The first-order valence-electron chi connectivity index (χ1n) is 5.89. The number of hydrogen-bond acceptors (Lipinski definition) is 3. The SMILES string of the molecule is CCn1nc(C(C)=O)cc1-c1cccc(OC)c1. The third-order valence-corrected chi connectivity index (χ3v) is 2.81. The largest absolute Gasteiger partial charge is 0.497 e. The number of methoxy groups -OCH3 is 1. The topological polar surface area (TPSA) is 44.1 Å². The molecule has 94 valence electrons. The van der Waals surface area contributed by atoms with Crippen LogP contribution >= 0.6 is 0 Å². The summed E-state index contributed by atoms with van der Waals surface area (Å²) in [5, 5.41) is 4.29. The zero-order valence-electron chi connectivity index (χ0n) is 10.8. The van der Waals surface area contributed by atoms with E-state index in [0.29, 0.717) is 5.69 Å². The first-order chi connectivity index (χ1) is 8.65. The first kappa shape index (κ1) is 12.4. The highest BCUT2D eigenvalue weighted by Crippen LogP contribution is 2.24. The smallest absolute Gasteiger partial charge is 0.180 e. The van der Waals surface area contributed by atoms with E-state index >= 15 is 0 Å². The van der Waals surface area contributed by atoms with Crippen molar-refractivity contribution >= 4 is 5.78 Å². The summed E-state index contributed by atoms with van der Waals surface area (Å²) in [5.74, 6) is 0.770. The predicted octanol–water partition coefficient (Wildman–Crippen LogP) is 2.78. The molecule has 4 heteroatoms. The van der Waals surface area contributed by atoms with E-state index in [-0.39, 0.29) is 5.78 Å². The lowest BCUT2D eigenvalue weighted by Gasteiger charge is -2.06. The summed E-state index contributed by atoms with van der Waals surface area (Å²) in [6.07, 6.45) is 0. The Kier molecular flexibility index (Phi) is 3.46. The Morgan fingerprint density at radius 2 is 2.17 bits per heavy atom. The second-order valence-electron chi connectivity index (χ2n) is 4.02. The van der Waals surface area contributed by atoms with E-state index in [4.69, 9.17) is 4.74 Å². The first-order valence-corrected chi connectivity index (χ1v) is 5.89. The highest BCUT2D eigenvalue weighted by Gasteiger charge is 2.12. The second kappa shape index (κ2) is 5.04. The molecule has 1 aromatic heterocycles. The summed E-state index contributed by atoms with van der Waals surface area (Å²) in [6.45, 7) is 4.25. The number of carbonyl (C=O) groups excluding carboxylic acids is 1. The molecule has 0 radical (unpaired) electrons. The average molecular weight is 244 g/mol. The lowest BCUT2D eigenvalue weighted by molar-refractivity contribution is 0.101. The van der Waals surface area contributed by atoms with Crippen LogP contribution in [0, 0.1) is 0 Å². The standard InChI is InChI=1S/C14H16N2O2/c1-4-16-14(9-13(15-16)10(2)17)11-6-5-7-12(8-11)18-3/h5-9H,4H2,1-3H3. The van der Waals surface area contributed by atoms with Gasteiger partial charge in [0.1, 0.15) is 11.4 Å². The summed E-state index contributed by atoms with van der Waals surface area (Å²) >= 11 is 0. The molecule has 0 saturated heterocycles. The maximum Gasteiger partial charge on any atom is 0.180 e. The molecule has 0 amide bonds. The second-order valence-corrected chi connectivity index (χ2v) is 4.02. The van der Waals surface area contributed by atoms with Crippen LogP contribution in [-0.2, 0) is 6.54 Å². The highest BCUT2D eigenvalue weighted by molar-refractivity contribution is 5.93. The molecule has 0 spiro atoms. The van der Waals surface area contributed by atoms with Gasteiger partial charge < -0.3 is 4.74 Å². The zero-order valence-corrected chi connectivity index (χ0v) is 10.8. The van der Waals surface area contributed by atoms with Crippen molar-refractivity contribution in [2.45, 2.75) is 20.4 Å². The molecule has 0 aliphatic carbocycles. The number of Topliss-reactive ketones (excluding diaryl/α,β-unsaturated/α-hetero) is 1. The van der Waals surface area contributed by atoms with E-state index in [1.54, 1.807) is 7.11 Å². The molecule has 18 heavy (non-hydrogen) atoms. The maximum absolute atomic E-state index is 11.4. The predicted molar refractivity (Wildman–Crippen MR) is 69.9 cm³/mol. The van der Waals surface area contributed by atoms with Crippen LogP contribution in [0.3, 0.4) is 0 Å². The van der Waals surface area contributed by atoms with Gasteiger partial charge in [-0.25, -0.2) is 0 Å². The van der Waals surface area contributed by atoms with Gasteiger partial charge in [0.25, 0.3) is 0 Å². The fraction of sp³-hybridized carbons (Fsp3) is 0.286. The van der Waals surface area contributed by atoms with E-state index in [2.05, 4.69) is 5.10 Å². The molecule has 0 bridgehead atoms. The molecule has 0 unspecified atom stereocenters. The lowest BCUT2D eigenvalue weighted by atomic mass is 10.1. The fourth-order valence-corrected chi connectivity index (χ4v) is 1.84. The molecule has 0 atom stereocenters. The Hall–Kier alpha value is -2.10. The van der Waals surface area contributed by atoms with Gasteiger partial charge in [0.15, 0.2) is 5.78 Å². The highest BCUT2D eigenvalue weighted by atomic mass is 16.5. The number of ether oxygens (including phenoxy) is 1. The molecule has 4 nitrogen and oxygen atoms in total. The molecule has 2 rings (SSSR count). The van der Waals surface area contributed by atoms with Crippen molar-refractivity contribution in [3.8, 4) is 17.0 Å². The van der Waals surface area contributed by atoms with Crippen LogP contribution in [0.5, 0.6) is 5.75 Å². The Bertz CT molecular complexity index is 573. The van der Waals surface area contributed by atoms with Gasteiger partial charge in [0.05, 0.1) is 12.8 Å². The number of rotatable bonds is 4. The molecule has 0 N–H and O–H groups in total. The van der Waals surface area contributed by atoms with Crippen molar-refractivity contribution in [3.05, 3.63) is 36.0 Å². The Morgan fingerprint density at radius 1 is 1.39 bits per heavy atom. The van der Waals surface area contributed by atoms with Crippen molar-refractivity contribution in [2.24, 2.45) is 0 Å². The minimum absolute atomic E-state index is 0.0219. The number of ketones is 1. The van der Waals surface area contributed by atoms with Gasteiger partial charge in [-0.05, 0) is 25.1 Å². The van der Waals surface area contributed by atoms with E-state index in [1.165, 1.54) is 6.92 Å². The molecule has 1 aromatic carbocycles. The maximum atomic E-state index is 11.4. The summed E-state index contributed by atoms with van der Waals surface area (Å²) in [7, 11) is 1.64. The van der Waals surface area contributed by atoms with Gasteiger partial charge in [0.2, 0.25) is 0 Å². The van der Waals surface area contributed by atoms with E-state index in [0.717, 1.165) is 23.6 Å². The quantitative estimate of drug-likeness (QED) is 0.777. The number of aryl methyl sites for hydroxylation is 1. The Balaban J connectivity index is 2.51. The number of carbonyl (C=O) groups is 1. The minimum Gasteiger partial charge on any atom is -0.497 e. The van der Waals surface area contributed by atoms with Crippen LogP contribution in [0.25, 0.3) is 11.3 Å². The summed E-state index contributed by atoms with van der Waals surface area (Å²) < 4.78 is 7.03. The van der Waals surface area contributed by atoms with Gasteiger partial charge >= 0.3 is 0 Å². The van der Waals surface area contributed by atoms with Crippen molar-refractivity contribution in [3.63, 3.8) is 0 Å². The molecule has 0 saturated carbocycles. The van der Waals surface area contributed by atoms with Crippen molar-refractivity contribution in [1.82, 2.24) is 9.78 Å². The third kappa shape index (κ3) is 2.27. The van der Waals surface area contributed by atoms with Gasteiger partial charge in [-0.15, -0.1) is 0 Å².